The summed E-state index contributed by atoms with van der Waals surface area (Å²) in [5.41, 5.74) is 2.60. The SMILES string of the molecule is Cc1ccc(-n2nc(O[C@@H](C)C(=O)NCCc3cccs3)ccc2=O)cc1C. The lowest BCUT2D eigenvalue weighted by Crippen LogP contribution is -2.37. The van der Waals surface area contributed by atoms with Crippen LogP contribution < -0.4 is 15.6 Å². The summed E-state index contributed by atoms with van der Waals surface area (Å²) in [6.45, 7) is 6.19. The van der Waals surface area contributed by atoms with E-state index in [4.69, 9.17) is 4.74 Å². The molecule has 0 bridgehead atoms. The molecule has 6 nitrogen and oxygen atoms in total. The molecule has 0 unspecified atom stereocenters. The fraction of sp³-hybridized carbons (Fsp3) is 0.286. The Hall–Kier alpha value is -2.93. The minimum atomic E-state index is -0.721. The molecule has 146 valence electrons. The molecule has 1 atom stereocenters. The van der Waals surface area contributed by atoms with Crippen LogP contribution in [0.1, 0.15) is 22.9 Å². The Labute approximate surface area is 167 Å². The van der Waals surface area contributed by atoms with E-state index in [0.717, 1.165) is 17.5 Å². The van der Waals surface area contributed by atoms with E-state index in [1.807, 2.05) is 49.6 Å². The van der Waals surface area contributed by atoms with Crippen LogP contribution in [0.5, 0.6) is 5.88 Å². The standard InChI is InChI=1S/C21H23N3O3S/c1-14-6-7-17(13-15(14)2)24-20(25)9-8-19(23-24)27-16(3)21(26)22-11-10-18-5-4-12-28-18/h4-9,12-13,16H,10-11H2,1-3H3,(H,22,26)/t16-/m0/s1. The highest BCUT2D eigenvalue weighted by atomic mass is 32.1. The molecule has 1 aromatic carbocycles. The van der Waals surface area contributed by atoms with Gasteiger partial charge < -0.3 is 10.1 Å². The Bertz CT molecular complexity index is 1010. The Balaban J connectivity index is 1.65. The Morgan fingerprint density at radius 3 is 2.75 bits per heavy atom. The lowest BCUT2D eigenvalue weighted by atomic mass is 10.1. The van der Waals surface area contributed by atoms with E-state index in [1.165, 1.54) is 21.7 Å². The number of nitrogens with one attached hydrogen (secondary N) is 1. The molecule has 2 aromatic heterocycles. The molecule has 3 rings (SSSR count). The van der Waals surface area contributed by atoms with Crippen LogP contribution in [0.4, 0.5) is 0 Å². The first-order chi connectivity index (χ1) is 13.4. The highest BCUT2D eigenvalue weighted by Gasteiger charge is 2.16. The molecule has 0 aliphatic carbocycles. The zero-order chi connectivity index (χ0) is 20.1. The smallest absolute Gasteiger partial charge is 0.271 e. The molecule has 0 aliphatic heterocycles. The molecular weight excluding hydrogens is 374 g/mol. The zero-order valence-electron chi connectivity index (χ0n) is 16.1. The van der Waals surface area contributed by atoms with Gasteiger partial charge in [-0.3, -0.25) is 9.59 Å². The number of nitrogens with zero attached hydrogens (tertiary/aromatic N) is 2. The van der Waals surface area contributed by atoms with Crippen LogP contribution in [0.25, 0.3) is 5.69 Å². The van der Waals surface area contributed by atoms with E-state index >= 15 is 0 Å². The summed E-state index contributed by atoms with van der Waals surface area (Å²) in [5, 5.41) is 9.13. The van der Waals surface area contributed by atoms with Gasteiger partial charge in [-0.05, 0) is 61.9 Å². The molecule has 28 heavy (non-hydrogen) atoms. The van der Waals surface area contributed by atoms with Crippen LogP contribution in [-0.2, 0) is 11.2 Å². The van der Waals surface area contributed by atoms with E-state index < -0.39 is 6.10 Å². The van der Waals surface area contributed by atoms with Gasteiger partial charge in [-0.2, -0.15) is 4.68 Å². The number of aromatic nitrogens is 2. The van der Waals surface area contributed by atoms with Crippen LogP contribution in [0, 0.1) is 13.8 Å². The second kappa shape index (κ2) is 8.84. The highest BCUT2D eigenvalue weighted by molar-refractivity contribution is 7.09. The van der Waals surface area contributed by atoms with Gasteiger partial charge in [0.1, 0.15) is 0 Å². The fourth-order valence-corrected chi connectivity index (χ4v) is 3.35. The first kappa shape index (κ1) is 19.8. The van der Waals surface area contributed by atoms with Gasteiger partial charge in [0.15, 0.2) is 6.10 Å². The first-order valence-corrected chi connectivity index (χ1v) is 9.97. The molecular formula is C21H23N3O3S. The zero-order valence-corrected chi connectivity index (χ0v) is 17.0. The third-order valence-corrected chi connectivity index (χ3v) is 5.36. The number of amides is 1. The first-order valence-electron chi connectivity index (χ1n) is 9.09. The van der Waals surface area contributed by atoms with E-state index in [1.54, 1.807) is 18.3 Å². The van der Waals surface area contributed by atoms with Gasteiger partial charge in [0, 0.05) is 23.6 Å². The summed E-state index contributed by atoms with van der Waals surface area (Å²) >= 11 is 1.66. The van der Waals surface area contributed by atoms with Gasteiger partial charge in [0.2, 0.25) is 5.88 Å². The predicted octanol–water partition coefficient (Wildman–Crippen LogP) is 3.04. The number of rotatable bonds is 7. The van der Waals surface area contributed by atoms with Crippen LogP contribution >= 0.6 is 11.3 Å². The molecule has 0 saturated heterocycles. The average molecular weight is 398 g/mol. The minimum absolute atomic E-state index is 0.220. The fourth-order valence-electron chi connectivity index (χ4n) is 2.64. The van der Waals surface area contributed by atoms with Gasteiger partial charge in [0.25, 0.3) is 11.5 Å². The van der Waals surface area contributed by atoms with Gasteiger partial charge in [0.05, 0.1) is 5.69 Å². The van der Waals surface area contributed by atoms with Crippen LogP contribution in [0.15, 0.2) is 52.6 Å². The molecule has 3 aromatic rings. The van der Waals surface area contributed by atoms with Crippen LogP contribution in [-0.4, -0.2) is 28.3 Å². The lowest BCUT2D eigenvalue weighted by Gasteiger charge is -2.15. The molecule has 0 saturated carbocycles. The molecule has 0 radical (unpaired) electrons. The Morgan fingerprint density at radius 1 is 1.21 bits per heavy atom. The topological polar surface area (TPSA) is 73.2 Å². The Morgan fingerprint density at radius 2 is 2.04 bits per heavy atom. The Kier molecular flexibility index (Phi) is 6.26. The normalized spacial score (nSPS) is 11.8. The van der Waals surface area contributed by atoms with Crippen molar-refractivity contribution in [1.29, 1.82) is 0 Å². The number of benzene rings is 1. The number of hydrogen-bond acceptors (Lipinski definition) is 5. The van der Waals surface area contributed by atoms with Crippen molar-refractivity contribution in [2.24, 2.45) is 0 Å². The molecule has 1 amide bonds. The summed E-state index contributed by atoms with van der Waals surface area (Å²) < 4.78 is 6.94. The monoisotopic (exact) mass is 397 g/mol. The second-order valence-corrected chi connectivity index (χ2v) is 7.60. The maximum atomic E-state index is 12.3. The number of carbonyl (C=O) groups is 1. The van der Waals surface area contributed by atoms with Crippen molar-refractivity contribution in [1.82, 2.24) is 15.1 Å². The number of hydrogen-bond donors (Lipinski definition) is 1. The molecule has 1 N–H and O–H groups in total. The summed E-state index contributed by atoms with van der Waals surface area (Å²) in [7, 11) is 0. The number of ether oxygens (including phenoxy) is 1. The van der Waals surface area contributed by atoms with Gasteiger partial charge in [-0.25, -0.2) is 0 Å². The van der Waals surface area contributed by atoms with Crippen molar-refractivity contribution < 1.29 is 9.53 Å². The van der Waals surface area contributed by atoms with E-state index in [2.05, 4.69) is 10.4 Å². The highest BCUT2D eigenvalue weighted by Crippen LogP contribution is 2.14. The lowest BCUT2D eigenvalue weighted by molar-refractivity contribution is -0.127. The summed E-state index contributed by atoms with van der Waals surface area (Å²) in [4.78, 5) is 25.7. The predicted molar refractivity (Wildman–Crippen MR) is 110 cm³/mol. The molecule has 0 spiro atoms. The van der Waals surface area contributed by atoms with Crippen molar-refractivity contribution in [2.75, 3.05) is 6.54 Å². The van der Waals surface area contributed by atoms with Gasteiger partial charge in [-0.15, -0.1) is 16.4 Å². The second-order valence-electron chi connectivity index (χ2n) is 6.57. The molecule has 7 heteroatoms. The number of thiophene rings is 1. The van der Waals surface area contributed by atoms with Crippen molar-refractivity contribution >= 4 is 17.2 Å². The number of carbonyl (C=O) groups excluding carboxylic acids is 1. The average Bonchev–Trinajstić information content (AvgIpc) is 3.19. The van der Waals surface area contributed by atoms with E-state index in [9.17, 15) is 9.59 Å². The molecule has 0 aliphatic rings. The number of aryl methyl sites for hydroxylation is 2. The van der Waals surface area contributed by atoms with Crippen molar-refractivity contribution in [3.63, 3.8) is 0 Å². The summed E-state index contributed by atoms with van der Waals surface area (Å²) in [6, 6.07) is 12.6. The maximum absolute atomic E-state index is 12.3. The van der Waals surface area contributed by atoms with Crippen molar-refractivity contribution in [3.8, 4) is 11.6 Å². The maximum Gasteiger partial charge on any atom is 0.271 e. The van der Waals surface area contributed by atoms with Crippen molar-refractivity contribution in [3.05, 3.63) is 74.2 Å². The van der Waals surface area contributed by atoms with Crippen LogP contribution in [0.2, 0.25) is 0 Å². The third-order valence-electron chi connectivity index (χ3n) is 4.43. The van der Waals surface area contributed by atoms with Crippen molar-refractivity contribution in [2.45, 2.75) is 33.3 Å². The van der Waals surface area contributed by atoms with E-state index in [0.29, 0.717) is 12.2 Å². The largest absolute Gasteiger partial charge is 0.464 e. The molecule has 0 fully saturated rings. The molecule has 2 heterocycles. The van der Waals surface area contributed by atoms with Gasteiger partial charge in [-0.1, -0.05) is 12.1 Å². The summed E-state index contributed by atoms with van der Waals surface area (Å²) in [6.07, 6.45) is 0.0630. The summed E-state index contributed by atoms with van der Waals surface area (Å²) in [5.74, 6) is 0.000946. The van der Waals surface area contributed by atoms with E-state index in [-0.39, 0.29) is 17.3 Å². The van der Waals surface area contributed by atoms with Gasteiger partial charge >= 0.3 is 0 Å². The quantitative estimate of drug-likeness (QED) is 0.665. The minimum Gasteiger partial charge on any atom is -0.464 e. The third kappa shape index (κ3) is 4.86. The van der Waals surface area contributed by atoms with Crippen LogP contribution in [0.3, 0.4) is 0 Å².